The second-order valence-corrected chi connectivity index (χ2v) is 5.36. The van der Waals surface area contributed by atoms with Gasteiger partial charge >= 0.3 is 0 Å². The van der Waals surface area contributed by atoms with Crippen molar-refractivity contribution in [3.05, 3.63) is 0 Å². The van der Waals surface area contributed by atoms with E-state index in [1.807, 2.05) is 0 Å². The Hall–Kier alpha value is -0.120. The first-order valence-electron chi connectivity index (χ1n) is 6.94. The Labute approximate surface area is 100 Å². The van der Waals surface area contributed by atoms with Gasteiger partial charge in [-0.25, -0.2) is 0 Å². The van der Waals surface area contributed by atoms with Crippen LogP contribution in [0.2, 0.25) is 0 Å². The van der Waals surface area contributed by atoms with Gasteiger partial charge in [0.05, 0.1) is 0 Å². The van der Waals surface area contributed by atoms with E-state index < -0.39 is 0 Å². The van der Waals surface area contributed by atoms with Gasteiger partial charge in [0.2, 0.25) is 0 Å². The van der Waals surface area contributed by atoms with Gasteiger partial charge in [-0.1, -0.05) is 6.92 Å². The summed E-state index contributed by atoms with van der Waals surface area (Å²) in [4.78, 5) is 7.80. The standard InChI is InChI=1S/C13H27N3/c1-3-15-9-5-13(6-10-15)16-8-4-7-14(2)11-12-16/h13H,3-12H2,1-2H3. The van der Waals surface area contributed by atoms with Gasteiger partial charge in [-0.15, -0.1) is 0 Å². The van der Waals surface area contributed by atoms with E-state index in [4.69, 9.17) is 0 Å². The lowest BCUT2D eigenvalue weighted by molar-refractivity contribution is 0.114. The van der Waals surface area contributed by atoms with Crippen molar-refractivity contribution in [1.29, 1.82) is 0 Å². The van der Waals surface area contributed by atoms with Crippen molar-refractivity contribution in [2.45, 2.75) is 32.2 Å². The van der Waals surface area contributed by atoms with E-state index >= 15 is 0 Å². The number of likely N-dealkylation sites (tertiary alicyclic amines) is 1. The van der Waals surface area contributed by atoms with Crippen LogP contribution in [0.5, 0.6) is 0 Å². The number of hydrogen-bond donors (Lipinski definition) is 0. The first-order valence-corrected chi connectivity index (χ1v) is 6.94. The molecule has 2 saturated heterocycles. The molecule has 0 radical (unpaired) electrons. The third-order valence-corrected chi connectivity index (χ3v) is 4.27. The van der Waals surface area contributed by atoms with Crippen LogP contribution in [0.4, 0.5) is 0 Å². The summed E-state index contributed by atoms with van der Waals surface area (Å²) in [6.07, 6.45) is 4.12. The normalized spacial score (nSPS) is 28.1. The first-order chi connectivity index (χ1) is 7.79. The van der Waals surface area contributed by atoms with Crippen LogP contribution in [-0.2, 0) is 0 Å². The van der Waals surface area contributed by atoms with Gasteiger partial charge in [-0.3, -0.25) is 4.90 Å². The lowest BCUT2D eigenvalue weighted by atomic mass is 10.0. The lowest BCUT2D eigenvalue weighted by Gasteiger charge is -2.37. The monoisotopic (exact) mass is 225 g/mol. The van der Waals surface area contributed by atoms with Gasteiger partial charge in [0.25, 0.3) is 0 Å². The molecule has 2 heterocycles. The van der Waals surface area contributed by atoms with Gasteiger partial charge in [0.15, 0.2) is 0 Å². The molecule has 0 aliphatic carbocycles. The third kappa shape index (κ3) is 3.19. The van der Waals surface area contributed by atoms with Crippen LogP contribution < -0.4 is 0 Å². The molecule has 0 amide bonds. The van der Waals surface area contributed by atoms with E-state index in [2.05, 4.69) is 28.7 Å². The van der Waals surface area contributed by atoms with Crippen LogP contribution in [0.15, 0.2) is 0 Å². The second kappa shape index (κ2) is 5.99. The number of hydrogen-bond acceptors (Lipinski definition) is 3. The number of nitrogens with zero attached hydrogens (tertiary/aromatic N) is 3. The molecule has 0 saturated carbocycles. The summed E-state index contributed by atoms with van der Waals surface area (Å²) in [6.45, 7) is 11.3. The molecule has 3 nitrogen and oxygen atoms in total. The Morgan fingerprint density at radius 1 is 0.938 bits per heavy atom. The number of likely N-dealkylation sites (N-methyl/N-ethyl adjacent to an activating group) is 1. The number of rotatable bonds is 2. The van der Waals surface area contributed by atoms with E-state index in [0.29, 0.717) is 0 Å². The summed E-state index contributed by atoms with van der Waals surface area (Å²) in [5.74, 6) is 0. The highest BCUT2D eigenvalue weighted by Crippen LogP contribution is 2.17. The van der Waals surface area contributed by atoms with E-state index in [1.165, 1.54) is 65.1 Å². The van der Waals surface area contributed by atoms with Crippen LogP contribution in [0.3, 0.4) is 0 Å². The predicted octanol–water partition coefficient (Wildman–Crippen LogP) is 1.11. The molecule has 0 unspecified atom stereocenters. The molecule has 0 N–H and O–H groups in total. The molecule has 0 bridgehead atoms. The Balaban J connectivity index is 1.79. The highest BCUT2D eigenvalue weighted by Gasteiger charge is 2.24. The molecule has 2 aliphatic rings. The minimum Gasteiger partial charge on any atom is -0.305 e. The Kier molecular flexibility index (Phi) is 4.62. The predicted molar refractivity (Wildman–Crippen MR) is 68.8 cm³/mol. The summed E-state index contributed by atoms with van der Waals surface area (Å²) < 4.78 is 0. The van der Waals surface area contributed by atoms with Crippen LogP contribution in [0, 0.1) is 0 Å². The van der Waals surface area contributed by atoms with Crippen molar-refractivity contribution in [3.8, 4) is 0 Å². The Morgan fingerprint density at radius 2 is 1.69 bits per heavy atom. The zero-order chi connectivity index (χ0) is 11.4. The SMILES string of the molecule is CCN1CCC(N2CCCN(C)CC2)CC1. The average Bonchev–Trinajstić information content (AvgIpc) is 2.54. The summed E-state index contributed by atoms with van der Waals surface area (Å²) in [6, 6.07) is 0.870. The molecule has 2 fully saturated rings. The zero-order valence-corrected chi connectivity index (χ0v) is 11.0. The van der Waals surface area contributed by atoms with E-state index in [-0.39, 0.29) is 0 Å². The molecule has 0 spiro atoms. The fourth-order valence-electron chi connectivity index (χ4n) is 3.03. The fraction of sp³-hybridized carbons (Fsp3) is 1.00. The molecule has 0 aromatic rings. The number of piperidine rings is 1. The van der Waals surface area contributed by atoms with Crippen molar-refractivity contribution >= 4 is 0 Å². The molecule has 3 heteroatoms. The van der Waals surface area contributed by atoms with Crippen molar-refractivity contribution < 1.29 is 0 Å². The molecule has 0 aromatic carbocycles. The van der Waals surface area contributed by atoms with Gasteiger partial charge < -0.3 is 9.80 Å². The van der Waals surface area contributed by atoms with Crippen LogP contribution >= 0.6 is 0 Å². The molecule has 16 heavy (non-hydrogen) atoms. The summed E-state index contributed by atoms with van der Waals surface area (Å²) in [5, 5.41) is 0. The zero-order valence-electron chi connectivity index (χ0n) is 11.0. The molecular formula is C13H27N3. The van der Waals surface area contributed by atoms with E-state index in [1.54, 1.807) is 0 Å². The largest absolute Gasteiger partial charge is 0.305 e. The minimum absolute atomic E-state index is 0.870. The second-order valence-electron chi connectivity index (χ2n) is 5.36. The topological polar surface area (TPSA) is 9.72 Å². The summed E-state index contributed by atoms with van der Waals surface area (Å²) in [7, 11) is 2.25. The quantitative estimate of drug-likeness (QED) is 0.697. The van der Waals surface area contributed by atoms with Gasteiger partial charge in [-0.05, 0) is 59.0 Å². The van der Waals surface area contributed by atoms with E-state index in [0.717, 1.165) is 6.04 Å². The minimum atomic E-state index is 0.870. The maximum absolute atomic E-state index is 2.75. The van der Waals surface area contributed by atoms with Crippen LogP contribution in [-0.4, -0.2) is 73.6 Å². The molecule has 2 rings (SSSR count). The Morgan fingerprint density at radius 3 is 2.38 bits per heavy atom. The van der Waals surface area contributed by atoms with Gasteiger partial charge in [-0.2, -0.15) is 0 Å². The summed E-state index contributed by atoms with van der Waals surface area (Å²) in [5.41, 5.74) is 0. The van der Waals surface area contributed by atoms with Crippen LogP contribution in [0.25, 0.3) is 0 Å². The van der Waals surface area contributed by atoms with Gasteiger partial charge in [0.1, 0.15) is 0 Å². The van der Waals surface area contributed by atoms with E-state index in [9.17, 15) is 0 Å². The molecule has 2 aliphatic heterocycles. The van der Waals surface area contributed by atoms with Crippen molar-refractivity contribution in [2.75, 3.05) is 52.9 Å². The third-order valence-electron chi connectivity index (χ3n) is 4.27. The van der Waals surface area contributed by atoms with Gasteiger partial charge in [0, 0.05) is 19.1 Å². The van der Waals surface area contributed by atoms with Crippen molar-refractivity contribution in [1.82, 2.24) is 14.7 Å². The lowest BCUT2D eigenvalue weighted by Crippen LogP contribution is -2.45. The fourth-order valence-corrected chi connectivity index (χ4v) is 3.03. The molecular weight excluding hydrogens is 198 g/mol. The maximum Gasteiger partial charge on any atom is 0.0120 e. The van der Waals surface area contributed by atoms with Crippen LogP contribution in [0.1, 0.15) is 26.2 Å². The molecule has 0 atom stereocenters. The summed E-state index contributed by atoms with van der Waals surface area (Å²) >= 11 is 0. The van der Waals surface area contributed by atoms with Crippen molar-refractivity contribution in [3.63, 3.8) is 0 Å². The first kappa shape index (κ1) is 12.3. The van der Waals surface area contributed by atoms with Crippen molar-refractivity contribution in [2.24, 2.45) is 0 Å². The average molecular weight is 225 g/mol. The molecule has 94 valence electrons. The molecule has 0 aromatic heterocycles. The maximum atomic E-state index is 2.75. The highest BCUT2D eigenvalue weighted by molar-refractivity contribution is 4.81. The highest BCUT2D eigenvalue weighted by atomic mass is 15.2. The Bertz CT molecular complexity index is 199. The smallest absolute Gasteiger partial charge is 0.0120 e.